The summed E-state index contributed by atoms with van der Waals surface area (Å²) in [6, 6.07) is 1.65. The summed E-state index contributed by atoms with van der Waals surface area (Å²) in [7, 11) is 3.35. The Morgan fingerprint density at radius 1 is 1.56 bits per heavy atom. The molecule has 16 heavy (non-hydrogen) atoms. The molecular formula is C11H13ClN2O2. The Morgan fingerprint density at radius 2 is 2.25 bits per heavy atom. The molecule has 0 spiro atoms. The number of hydrogen-bond donors (Lipinski definition) is 0. The predicted octanol–water partition coefficient (Wildman–Crippen LogP) is 1.98. The van der Waals surface area contributed by atoms with Gasteiger partial charge in [0.25, 0.3) is 5.91 Å². The maximum atomic E-state index is 11.8. The van der Waals surface area contributed by atoms with Crippen LogP contribution in [-0.2, 0) is 0 Å². The summed E-state index contributed by atoms with van der Waals surface area (Å²) in [5.41, 5.74) is 0.379. The minimum absolute atomic E-state index is 0.168. The summed E-state index contributed by atoms with van der Waals surface area (Å²) in [5, 5.41) is 0.210. The highest BCUT2D eigenvalue weighted by Crippen LogP contribution is 2.28. The van der Waals surface area contributed by atoms with Crippen LogP contribution in [0.1, 0.15) is 23.2 Å². The quantitative estimate of drug-likeness (QED) is 0.759. The molecule has 0 unspecified atom stereocenters. The van der Waals surface area contributed by atoms with Crippen LogP contribution in [0.3, 0.4) is 0 Å². The molecule has 0 saturated heterocycles. The van der Waals surface area contributed by atoms with Gasteiger partial charge in [0.15, 0.2) is 0 Å². The van der Waals surface area contributed by atoms with E-state index in [4.69, 9.17) is 16.3 Å². The van der Waals surface area contributed by atoms with Crippen LogP contribution in [0, 0.1) is 0 Å². The molecule has 86 valence electrons. The van der Waals surface area contributed by atoms with Gasteiger partial charge in [0.05, 0.1) is 17.9 Å². The lowest BCUT2D eigenvalue weighted by Gasteiger charge is -2.12. The second-order valence-corrected chi connectivity index (χ2v) is 4.38. The summed E-state index contributed by atoms with van der Waals surface area (Å²) < 4.78 is 5.56. The number of hydrogen-bond acceptors (Lipinski definition) is 3. The van der Waals surface area contributed by atoms with Crippen molar-refractivity contribution in [2.45, 2.75) is 18.9 Å². The van der Waals surface area contributed by atoms with Gasteiger partial charge in [-0.1, -0.05) is 11.6 Å². The monoisotopic (exact) mass is 240 g/mol. The predicted molar refractivity (Wildman–Crippen MR) is 60.9 cm³/mol. The average molecular weight is 241 g/mol. The fourth-order valence-electron chi connectivity index (χ4n) is 1.26. The van der Waals surface area contributed by atoms with E-state index in [1.807, 2.05) is 0 Å². The molecule has 1 aliphatic carbocycles. The summed E-state index contributed by atoms with van der Waals surface area (Å²) in [5.74, 6) is 0.441. The van der Waals surface area contributed by atoms with Crippen molar-refractivity contribution in [1.82, 2.24) is 9.88 Å². The summed E-state index contributed by atoms with van der Waals surface area (Å²) in [6.45, 7) is 0. The van der Waals surface area contributed by atoms with Crippen LogP contribution in [0.2, 0.25) is 5.15 Å². The van der Waals surface area contributed by atoms with Gasteiger partial charge in [0.1, 0.15) is 10.9 Å². The molecule has 1 fully saturated rings. The van der Waals surface area contributed by atoms with Gasteiger partial charge in [0.2, 0.25) is 0 Å². The van der Waals surface area contributed by atoms with Gasteiger partial charge < -0.3 is 9.64 Å². The summed E-state index contributed by atoms with van der Waals surface area (Å²) in [4.78, 5) is 17.2. The van der Waals surface area contributed by atoms with Gasteiger partial charge in [0, 0.05) is 14.1 Å². The molecule has 5 heteroatoms. The number of pyridine rings is 1. The zero-order valence-electron chi connectivity index (χ0n) is 9.24. The van der Waals surface area contributed by atoms with Gasteiger partial charge in [-0.05, 0) is 18.9 Å². The maximum Gasteiger partial charge on any atom is 0.256 e. The van der Waals surface area contributed by atoms with E-state index in [0.29, 0.717) is 11.3 Å². The molecule has 0 aliphatic heterocycles. The molecule has 1 aliphatic rings. The molecule has 0 aromatic carbocycles. The van der Waals surface area contributed by atoms with Crippen LogP contribution < -0.4 is 4.74 Å². The van der Waals surface area contributed by atoms with Crippen molar-refractivity contribution < 1.29 is 9.53 Å². The van der Waals surface area contributed by atoms with Gasteiger partial charge in [-0.15, -0.1) is 0 Å². The molecule has 1 aromatic rings. The fourth-order valence-corrected chi connectivity index (χ4v) is 1.45. The zero-order valence-corrected chi connectivity index (χ0v) is 9.99. The lowest BCUT2D eigenvalue weighted by molar-refractivity contribution is 0.0827. The first-order valence-corrected chi connectivity index (χ1v) is 5.49. The second-order valence-electron chi connectivity index (χ2n) is 4.03. The Balaban J connectivity index is 2.24. The number of amides is 1. The number of nitrogens with zero attached hydrogens (tertiary/aromatic N) is 2. The Hall–Kier alpha value is -1.29. The van der Waals surface area contributed by atoms with Gasteiger partial charge in [-0.2, -0.15) is 0 Å². The number of carbonyl (C=O) groups excluding carboxylic acids is 1. The zero-order chi connectivity index (χ0) is 11.7. The van der Waals surface area contributed by atoms with Crippen molar-refractivity contribution in [1.29, 1.82) is 0 Å². The smallest absolute Gasteiger partial charge is 0.256 e. The van der Waals surface area contributed by atoms with E-state index in [1.54, 1.807) is 26.4 Å². The molecule has 0 bridgehead atoms. The van der Waals surface area contributed by atoms with Crippen LogP contribution in [0.5, 0.6) is 5.75 Å². The molecular weight excluding hydrogens is 228 g/mol. The van der Waals surface area contributed by atoms with Crippen LogP contribution in [0.4, 0.5) is 0 Å². The third kappa shape index (κ3) is 2.44. The first kappa shape index (κ1) is 11.2. The highest BCUT2D eigenvalue weighted by atomic mass is 35.5. The normalized spacial score (nSPS) is 14.7. The Morgan fingerprint density at radius 3 is 2.81 bits per heavy atom. The first-order chi connectivity index (χ1) is 7.58. The Bertz CT molecular complexity index is 416. The molecule has 0 atom stereocenters. The number of halogens is 1. The molecule has 1 amide bonds. The van der Waals surface area contributed by atoms with Crippen molar-refractivity contribution in [3.8, 4) is 5.75 Å². The number of aromatic nitrogens is 1. The van der Waals surface area contributed by atoms with Gasteiger partial charge in [-0.25, -0.2) is 4.98 Å². The highest BCUT2D eigenvalue weighted by molar-refractivity contribution is 6.32. The SMILES string of the molecule is CN(C)C(=O)c1cc(OC2CC2)cnc1Cl. The lowest BCUT2D eigenvalue weighted by Crippen LogP contribution is -2.22. The van der Waals surface area contributed by atoms with Crippen LogP contribution in [-0.4, -0.2) is 36.0 Å². The van der Waals surface area contributed by atoms with E-state index in [1.165, 1.54) is 4.90 Å². The number of rotatable bonds is 3. The van der Waals surface area contributed by atoms with E-state index in [0.717, 1.165) is 12.8 Å². The average Bonchev–Trinajstić information content (AvgIpc) is 3.03. The molecule has 1 heterocycles. The number of carbonyl (C=O) groups is 1. The van der Waals surface area contributed by atoms with Crippen LogP contribution in [0.15, 0.2) is 12.3 Å². The maximum absolute atomic E-state index is 11.8. The van der Waals surface area contributed by atoms with E-state index in [-0.39, 0.29) is 17.2 Å². The minimum atomic E-state index is -0.168. The van der Waals surface area contributed by atoms with Crippen molar-refractivity contribution in [2.24, 2.45) is 0 Å². The molecule has 1 aromatic heterocycles. The Labute approximate surface area is 99.2 Å². The van der Waals surface area contributed by atoms with Crippen LogP contribution in [0.25, 0.3) is 0 Å². The topological polar surface area (TPSA) is 42.4 Å². The fraction of sp³-hybridized carbons (Fsp3) is 0.455. The van der Waals surface area contributed by atoms with Crippen molar-refractivity contribution in [2.75, 3.05) is 14.1 Å². The van der Waals surface area contributed by atoms with Crippen LogP contribution >= 0.6 is 11.6 Å². The molecule has 0 N–H and O–H groups in total. The minimum Gasteiger partial charge on any atom is -0.489 e. The third-order valence-electron chi connectivity index (χ3n) is 2.28. The standard InChI is InChI=1S/C11H13ClN2O2/c1-14(2)11(15)9-5-8(6-13-10(9)12)16-7-3-4-7/h5-7H,3-4H2,1-2H3. The lowest BCUT2D eigenvalue weighted by atomic mass is 10.2. The highest BCUT2D eigenvalue weighted by Gasteiger charge is 2.24. The van der Waals surface area contributed by atoms with Crippen molar-refractivity contribution in [3.05, 3.63) is 23.0 Å². The van der Waals surface area contributed by atoms with Crippen molar-refractivity contribution >= 4 is 17.5 Å². The van der Waals surface area contributed by atoms with E-state index in [2.05, 4.69) is 4.98 Å². The summed E-state index contributed by atoms with van der Waals surface area (Å²) in [6.07, 6.45) is 3.97. The van der Waals surface area contributed by atoms with Gasteiger partial charge in [-0.3, -0.25) is 4.79 Å². The van der Waals surface area contributed by atoms with Crippen molar-refractivity contribution in [3.63, 3.8) is 0 Å². The molecule has 4 nitrogen and oxygen atoms in total. The Kier molecular flexibility index (Phi) is 3.01. The molecule has 0 radical (unpaired) electrons. The summed E-state index contributed by atoms with van der Waals surface area (Å²) >= 11 is 5.87. The molecule has 2 rings (SSSR count). The largest absolute Gasteiger partial charge is 0.489 e. The van der Waals surface area contributed by atoms with Gasteiger partial charge >= 0.3 is 0 Å². The third-order valence-corrected chi connectivity index (χ3v) is 2.58. The van der Waals surface area contributed by atoms with E-state index >= 15 is 0 Å². The second kappa shape index (κ2) is 4.29. The van der Waals surface area contributed by atoms with E-state index in [9.17, 15) is 4.79 Å². The molecule has 1 saturated carbocycles. The van der Waals surface area contributed by atoms with E-state index < -0.39 is 0 Å². The first-order valence-electron chi connectivity index (χ1n) is 5.12. The number of ether oxygens (including phenoxy) is 1.